The molecule has 2 aliphatic heterocycles. The first kappa shape index (κ1) is 20.9. The molecule has 4 heteroatoms. The minimum atomic E-state index is 0.160. The Kier molecular flexibility index (Phi) is 5.79. The van der Waals surface area contributed by atoms with E-state index in [9.17, 15) is 0 Å². The van der Waals surface area contributed by atoms with Crippen LogP contribution >= 0.6 is 0 Å². The Bertz CT molecular complexity index is 1090. The molecule has 2 heterocycles. The molecule has 4 nitrogen and oxygen atoms in total. The van der Waals surface area contributed by atoms with Crippen LogP contribution in [-0.2, 0) is 11.3 Å². The fourth-order valence-electron chi connectivity index (χ4n) is 4.67. The topological polar surface area (TPSA) is 36.9 Å². The third-order valence-electron chi connectivity index (χ3n) is 6.32. The van der Waals surface area contributed by atoms with E-state index in [-0.39, 0.29) is 6.10 Å². The standard InChI is InChI=1S/C28H30O4/c1-18-11-25(32-24-9-10-29-17-24)12-19(2)28(18)22-6-4-5-21(13-22)16-30-23-7-8-26-20(3)15-31-27(26)14-23/h4-8,11-14,20,24H,9-10,15-17H2,1-3H3/t20-,24-/m0/s1. The summed E-state index contributed by atoms with van der Waals surface area (Å²) < 4.78 is 23.4. The van der Waals surface area contributed by atoms with Crippen LogP contribution in [0.5, 0.6) is 17.2 Å². The molecule has 3 aromatic carbocycles. The third kappa shape index (κ3) is 4.33. The smallest absolute Gasteiger partial charge is 0.126 e. The number of aryl methyl sites for hydroxylation is 2. The van der Waals surface area contributed by atoms with Crippen LogP contribution in [0.2, 0.25) is 0 Å². The highest BCUT2D eigenvalue weighted by atomic mass is 16.5. The molecule has 0 bridgehead atoms. The fraction of sp³-hybridized carbons (Fsp3) is 0.357. The van der Waals surface area contributed by atoms with Gasteiger partial charge in [0.1, 0.15) is 30.0 Å². The average Bonchev–Trinajstić information content (AvgIpc) is 3.42. The molecular weight excluding hydrogens is 400 g/mol. The molecule has 166 valence electrons. The summed E-state index contributed by atoms with van der Waals surface area (Å²) in [6, 6.07) is 19.0. The van der Waals surface area contributed by atoms with E-state index < -0.39 is 0 Å². The van der Waals surface area contributed by atoms with E-state index in [1.54, 1.807) is 0 Å². The highest BCUT2D eigenvalue weighted by Gasteiger charge is 2.21. The second-order valence-corrected chi connectivity index (χ2v) is 8.94. The second kappa shape index (κ2) is 8.87. The van der Waals surface area contributed by atoms with Crippen LogP contribution in [-0.4, -0.2) is 25.9 Å². The van der Waals surface area contributed by atoms with Crippen molar-refractivity contribution in [3.8, 4) is 28.4 Å². The Hall–Kier alpha value is -2.98. The van der Waals surface area contributed by atoms with Gasteiger partial charge in [-0.05, 0) is 65.9 Å². The Morgan fingerprint density at radius 3 is 2.56 bits per heavy atom. The lowest BCUT2D eigenvalue weighted by molar-refractivity contribution is 0.141. The van der Waals surface area contributed by atoms with Crippen molar-refractivity contribution in [2.75, 3.05) is 19.8 Å². The van der Waals surface area contributed by atoms with Crippen molar-refractivity contribution in [1.29, 1.82) is 0 Å². The average molecular weight is 431 g/mol. The predicted octanol–water partition coefficient (Wildman–Crippen LogP) is 6.21. The molecule has 0 unspecified atom stereocenters. The molecule has 0 aromatic heterocycles. The van der Waals surface area contributed by atoms with Gasteiger partial charge in [0.25, 0.3) is 0 Å². The molecule has 0 spiro atoms. The van der Waals surface area contributed by atoms with Crippen molar-refractivity contribution in [1.82, 2.24) is 0 Å². The first-order chi connectivity index (χ1) is 15.6. The fourth-order valence-corrected chi connectivity index (χ4v) is 4.67. The number of fused-ring (bicyclic) bond motifs is 1. The van der Waals surface area contributed by atoms with Gasteiger partial charge in [-0.3, -0.25) is 0 Å². The Morgan fingerprint density at radius 1 is 0.938 bits per heavy atom. The van der Waals surface area contributed by atoms with Crippen molar-refractivity contribution in [2.24, 2.45) is 0 Å². The molecular formula is C28H30O4. The zero-order chi connectivity index (χ0) is 22.1. The molecule has 1 fully saturated rings. The summed E-state index contributed by atoms with van der Waals surface area (Å²) >= 11 is 0. The first-order valence-corrected chi connectivity index (χ1v) is 11.4. The third-order valence-corrected chi connectivity index (χ3v) is 6.32. The SMILES string of the molecule is Cc1cc(O[C@H]2CCOC2)cc(C)c1-c1cccc(COc2ccc3c(c2)OC[C@@H]3C)c1. The molecule has 2 aliphatic rings. The van der Waals surface area contributed by atoms with Gasteiger partial charge in [0.05, 0.1) is 19.8 Å². The number of ether oxygens (including phenoxy) is 4. The summed E-state index contributed by atoms with van der Waals surface area (Å²) in [5, 5.41) is 0. The van der Waals surface area contributed by atoms with Gasteiger partial charge in [-0.1, -0.05) is 31.2 Å². The van der Waals surface area contributed by atoms with Crippen molar-refractivity contribution >= 4 is 0 Å². The summed E-state index contributed by atoms with van der Waals surface area (Å²) in [5.41, 5.74) is 7.27. The first-order valence-electron chi connectivity index (χ1n) is 11.4. The predicted molar refractivity (Wildman–Crippen MR) is 126 cm³/mol. The molecule has 32 heavy (non-hydrogen) atoms. The van der Waals surface area contributed by atoms with Crippen LogP contribution in [0.3, 0.4) is 0 Å². The summed E-state index contributed by atoms with van der Waals surface area (Å²) in [4.78, 5) is 0. The molecule has 5 rings (SSSR count). The maximum Gasteiger partial charge on any atom is 0.126 e. The maximum atomic E-state index is 6.12. The lowest BCUT2D eigenvalue weighted by atomic mass is 9.94. The highest BCUT2D eigenvalue weighted by Crippen LogP contribution is 2.36. The van der Waals surface area contributed by atoms with Crippen LogP contribution in [0, 0.1) is 13.8 Å². The van der Waals surface area contributed by atoms with Gasteiger partial charge in [0.15, 0.2) is 0 Å². The normalized spacial score (nSPS) is 19.5. The summed E-state index contributed by atoms with van der Waals surface area (Å²) in [6.07, 6.45) is 1.12. The summed E-state index contributed by atoms with van der Waals surface area (Å²) in [7, 11) is 0. The monoisotopic (exact) mass is 430 g/mol. The van der Waals surface area contributed by atoms with E-state index in [0.29, 0.717) is 19.1 Å². The zero-order valence-corrected chi connectivity index (χ0v) is 19.0. The molecule has 2 atom stereocenters. The van der Waals surface area contributed by atoms with Crippen LogP contribution in [0.25, 0.3) is 11.1 Å². The van der Waals surface area contributed by atoms with Gasteiger partial charge in [-0.25, -0.2) is 0 Å². The number of hydrogen-bond acceptors (Lipinski definition) is 4. The Labute approximate surface area is 190 Å². The van der Waals surface area contributed by atoms with Gasteiger partial charge in [-0.2, -0.15) is 0 Å². The van der Waals surface area contributed by atoms with Crippen LogP contribution in [0.1, 0.15) is 41.5 Å². The van der Waals surface area contributed by atoms with E-state index in [1.807, 2.05) is 12.1 Å². The van der Waals surface area contributed by atoms with Crippen molar-refractivity contribution < 1.29 is 18.9 Å². The molecule has 1 saturated heterocycles. The van der Waals surface area contributed by atoms with Crippen LogP contribution in [0.4, 0.5) is 0 Å². The lowest BCUT2D eigenvalue weighted by Crippen LogP contribution is -2.15. The van der Waals surface area contributed by atoms with Crippen LogP contribution < -0.4 is 14.2 Å². The highest BCUT2D eigenvalue weighted by molar-refractivity contribution is 5.72. The molecule has 0 radical (unpaired) electrons. The Morgan fingerprint density at radius 2 is 1.78 bits per heavy atom. The molecule has 0 N–H and O–H groups in total. The van der Waals surface area contributed by atoms with Crippen molar-refractivity contribution in [2.45, 2.75) is 45.8 Å². The van der Waals surface area contributed by atoms with Gasteiger partial charge in [0.2, 0.25) is 0 Å². The summed E-state index contributed by atoms with van der Waals surface area (Å²) in [5.74, 6) is 3.16. The largest absolute Gasteiger partial charge is 0.493 e. The van der Waals surface area contributed by atoms with E-state index >= 15 is 0 Å². The molecule has 0 aliphatic carbocycles. The number of benzene rings is 3. The second-order valence-electron chi connectivity index (χ2n) is 8.94. The molecule has 0 saturated carbocycles. The van der Waals surface area contributed by atoms with Gasteiger partial charge in [-0.15, -0.1) is 0 Å². The summed E-state index contributed by atoms with van der Waals surface area (Å²) in [6.45, 7) is 9.21. The van der Waals surface area contributed by atoms with Crippen molar-refractivity contribution in [3.05, 3.63) is 76.9 Å². The van der Waals surface area contributed by atoms with Gasteiger partial charge < -0.3 is 18.9 Å². The molecule has 3 aromatic rings. The molecule has 0 amide bonds. The van der Waals surface area contributed by atoms with E-state index in [0.717, 1.165) is 42.4 Å². The van der Waals surface area contributed by atoms with Crippen molar-refractivity contribution in [3.63, 3.8) is 0 Å². The maximum absolute atomic E-state index is 6.12. The quantitative estimate of drug-likeness (QED) is 0.466. The zero-order valence-electron chi connectivity index (χ0n) is 19.0. The minimum Gasteiger partial charge on any atom is -0.493 e. The minimum absolute atomic E-state index is 0.160. The Balaban J connectivity index is 1.31. The lowest BCUT2D eigenvalue weighted by Gasteiger charge is -2.17. The van der Waals surface area contributed by atoms with E-state index in [1.165, 1.54) is 27.8 Å². The van der Waals surface area contributed by atoms with E-state index in [4.69, 9.17) is 18.9 Å². The number of hydrogen-bond donors (Lipinski definition) is 0. The van der Waals surface area contributed by atoms with Gasteiger partial charge >= 0.3 is 0 Å². The van der Waals surface area contributed by atoms with E-state index in [2.05, 4.69) is 63.2 Å². The van der Waals surface area contributed by atoms with Gasteiger partial charge in [0, 0.05) is 24.0 Å². The number of rotatable bonds is 6. The van der Waals surface area contributed by atoms with Crippen LogP contribution in [0.15, 0.2) is 54.6 Å².